The number of rotatable bonds is 59. The number of esters is 1. The monoisotopic (exact) mass is 1050 g/mol. The Balaban J connectivity index is 4.95. The number of carbonyl (C=O) groups is 2. The number of likely N-dealkylation sites (N-methyl/N-ethyl adjacent to an activating group) is 1. The first-order chi connectivity index (χ1) is 35.4. The highest BCUT2D eigenvalue weighted by Gasteiger charge is 2.30. The van der Waals surface area contributed by atoms with Crippen molar-refractivity contribution in [1.82, 2.24) is 5.32 Å². The highest BCUT2D eigenvalue weighted by Crippen LogP contribution is 2.43. The van der Waals surface area contributed by atoms with E-state index in [1.807, 2.05) is 33.3 Å². The van der Waals surface area contributed by atoms with Gasteiger partial charge in [-0.2, -0.15) is 0 Å². The quantitative estimate of drug-likeness (QED) is 0.0205. The number of nitrogens with zero attached hydrogens (tertiary/aromatic N) is 1. The Labute approximate surface area is 454 Å². The molecular formula is C63H126N2O7P+. The van der Waals surface area contributed by atoms with Gasteiger partial charge < -0.3 is 19.4 Å². The van der Waals surface area contributed by atoms with Gasteiger partial charge in [0.1, 0.15) is 19.3 Å². The van der Waals surface area contributed by atoms with Crippen LogP contribution in [0.1, 0.15) is 329 Å². The number of nitrogens with one attached hydrogen (secondary N) is 1. The Morgan fingerprint density at radius 3 is 1.12 bits per heavy atom. The molecule has 0 fully saturated rings. The summed E-state index contributed by atoms with van der Waals surface area (Å²) in [5.41, 5.74) is 0. The smallest absolute Gasteiger partial charge is 0.456 e. The van der Waals surface area contributed by atoms with Gasteiger partial charge in [0.25, 0.3) is 0 Å². The zero-order valence-electron chi connectivity index (χ0n) is 49.7. The van der Waals surface area contributed by atoms with Crippen molar-refractivity contribution >= 4 is 19.7 Å². The van der Waals surface area contributed by atoms with Crippen molar-refractivity contribution in [2.24, 2.45) is 0 Å². The van der Waals surface area contributed by atoms with Crippen LogP contribution in [0.15, 0.2) is 12.2 Å². The zero-order valence-corrected chi connectivity index (χ0v) is 50.6. The molecule has 0 bridgehead atoms. The molecule has 10 heteroatoms. The maximum absolute atomic E-state index is 13.5. The first kappa shape index (κ1) is 71.8. The average molecular weight is 1050 g/mol. The van der Waals surface area contributed by atoms with Crippen LogP contribution in [0.25, 0.3) is 0 Å². The summed E-state index contributed by atoms with van der Waals surface area (Å²) in [5.74, 6) is -0.486. The number of quaternary nitrogens is 1. The Kier molecular flexibility index (Phi) is 53.2. The van der Waals surface area contributed by atoms with Gasteiger partial charge in [0.15, 0.2) is 0 Å². The number of phosphoric ester groups is 1. The van der Waals surface area contributed by atoms with Crippen molar-refractivity contribution < 1.29 is 37.3 Å². The van der Waals surface area contributed by atoms with E-state index in [0.29, 0.717) is 23.9 Å². The topological polar surface area (TPSA) is 111 Å². The molecular weight excluding hydrogens is 928 g/mol. The van der Waals surface area contributed by atoms with E-state index in [-0.39, 0.29) is 25.1 Å². The molecule has 434 valence electrons. The third-order valence-electron chi connectivity index (χ3n) is 14.7. The molecule has 0 saturated carbocycles. The molecule has 0 saturated heterocycles. The van der Waals surface area contributed by atoms with E-state index in [2.05, 4.69) is 26.1 Å². The lowest BCUT2D eigenvalue weighted by Crippen LogP contribution is -2.47. The van der Waals surface area contributed by atoms with E-state index >= 15 is 0 Å². The van der Waals surface area contributed by atoms with Gasteiger partial charge in [0, 0.05) is 12.8 Å². The van der Waals surface area contributed by atoms with Gasteiger partial charge in [-0.1, -0.05) is 297 Å². The Hall–Kier alpha value is -1.25. The highest BCUT2D eigenvalue weighted by molar-refractivity contribution is 7.47. The van der Waals surface area contributed by atoms with Gasteiger partial charge in [-0.3, -0.25) is 18.6 Å². The maximum atomic E-state index is 13.5. The van der Waals surface area contributed by atoms with E-state index in [4.69, 9.17) is 13.8 Å². The summed E-state index contributed by atoms with van der Waals surface area (Å²) < 4.78 is 30.6. The molecule has 0 aliphatic heterocycles. The van der Waals surface area contributed by atoms with E-state index < -0.39 is 20.0 Å². The van der Waals surface area contributed by atoms with Crippen molar-refractivity contribution in [2.75, 3.05) is 40.9 Å². The van der Waals surface area contributed by atoms with Crippen LogP contribution in [0.4, 0.5) is 0 Å². The van der Waals surface area contributed by atoms with Crippen molar-refractivity contribution in [3.05, 3.63) is 12.2 Å². The van der Waals surface area contributed by atoms with Crippen LogP contribution in [0, 0.1) is 0 Å². The second-order valence-corrected chi connectivity index (χ2v) is 24.8. The normalized spacial score (nSPS) is 13.7. The fourth-order valence-corrected chi connectivity index (χ4v) is 10.5. The summed E-state index contributed by atoms with van der Waals surface area (Å²) in [5, 5.41) is 3.06. The highest BCUT2D eigenvalue weighted by atomic mass is 31.2. The molecule has 0 aliphatic carbocycles. The second kappa shape index (κ2) is 54.1. The third-order valence-corrected chi connectivity index (χ3v) is 15.7. The Morgan fingerprint density at radius 1 is 0.466 bits per heavy atom. The van der Waals surface area contributed by atoms with Crippen LogP contribution >= 0.6 is 7.82 Å². The minimum atomic E-state index is -4.44. The van der Waals surface area contributed by atoms with Crippen molar-refractivity contribution in [3.8, 4) is 0 Å². The molecule has 0 aromatic rings. The summed E-state index contributed by atoms with van der Waals surface area (Å²) in [6.07, 6.45) is 62.3. The number of phosphoric acid groups is 1. The lowest BCUT2D eigenvalue weighted by atomic mass is 10.0. The molecule has 3 atom stereocenters. The molecule has 0 aromatic heterocycles. The van der Waals surface area contributed by atoms with E-state index in [0.717, 1.165) is 57.8 Å². The van der Waals surface area contributed by atoms with Crippen molar-refractivity contribution in [3.63, 3.8) is 0 Å². The van der Waals surface area contributed by atoms with Gasteiger partial charge in [-0.05, 0) is 31.8 Å². The SMILES string of the molecule is CCCCCCCCCCC/C=C\C(OC(=O)CCCCCCCCCCCCC)C(COP(=O)(O)OCC[N+](C)(C)C)NC(=O)CCCCCCCCCCCCCCCCCCCCCCCCCCC. The first-order valence-corrected chi connectivity index (χ1v) is 33.5. The van der Waals surface area contributed by atoms with Gasteiger partial charge in [-0.15, -0.1) is 0 Å². The zero-order chi connectivity index (χ0) is 53.6. The van der Waals surface area contributed by atoms with Crippen LogP contribution in [0.5, 0.6) is 0 Å². The number of allylic oxidation sites excluding steroid dienone is 1. The first-order valence-electron chi connectivity index (χ1n) is 32.0. The van der Waals surface area contributed by atoms with Crippen LogP contribution in [0.2, 0.25) is 0 Å². The van der Waals surface area contributed by atoms with Crippen molar-refractivity contribution in [2.45, 2.75) is 341 Å². The second-order valence-electron chi connectivity index (χ2n) is 23.3. The third kappa shape index (κ3) is 55.3. The minimum absolute atomic E-state index is 0.0455. The van der Waals surface area contributed by atoms with Crippen molar-refractivity contribution in [1.29, 1.82) is 0 Å². The molecule has 2 N–H and O–H groups in total. The molecule has 0 radical (unpaired) electrons. The summed E-state index contributed by atoms with van der Waals surface area (Å²) in [4.78, 5) is 37.6. The fourth-order valence-electron chi connectivity index (χ4n) is 9.77. The number of hydrogen-bond donors (Lipinski definition) is 2. The summed E-state index contributed by atoms with van der Waals surface area (Å²) >= 11 is 0. The standard InChI is InChI=1S/C63H125N2O7P/c1-7-10-13-16-19-22-25-26-27-28-29-30-31-32-33-34-35-36-37-38-41-43-46-49-52-55-62(66)64-60(59-71-73(68,69)70-58-57-65(4,5)6)61(54-51-48-45-42-39-23-20-17-14-11-8-2)72-63(67)56-53-50-47-44-40-24-21-18-15-12-9-3/h51,54,60-61H,7-50,52-53,55-59H2,1-6H3,(H-,64,66,68,69)/p+1/b54-51-. The lowest BCUT2D eigenvalue weighted by Gasteiger charge is -2.27. The number of unbranched alkanes of at least 4 members (excludes halogenated alkanes) is 43. The molecule has 73 heavy (non-hydrogen) atoms. The minimum Gasteiger partial charge on any atom is -0.456 e. The molecule has 0 heterocycles. The molecule has 3 unspecified atom stereocenters. The Bertz CT molecular complexity index is 1260. The average Bonchev–Trinajstić information content (AvgIpc) is 3.35. The van der Waals surface area contributed by atoms with Gasteiger partial charge in [0.2, 0.25) is 5.91 Å². The van der Waals surface area contributed by atoms with Gasteiger partial charge in [0.05, 0.1) is 33.8 Å². The van der Waals surface area contributed by atoms with E-state index in [1.165, 1.54) is 238 Å². The lowest BCUT2D eigenvalue weighted by molar-refractivity contribution is -0.870. The number of amides is 1. The predicted molar refractivity (Wildman–Crippen MR) is 314 cm³/mol. The molecule has 0 aromatic carbocycles. The number of carbonyl (C=O) groups excluding carboxylic acids is 2. The number of ether oxygens (including phenoxy) is 1. The predicted octanol–water partition coefficient (Wildman–Crippen LogP) is 19.6. The summed E-state index contributed by atoms with van der Waals surface area (Å²) in [7, 11) is 1.52. The number of hydrogen-bond acceptors (Lipinski definition) is 6. The largest absolute Gasteiger partial charge is 0.472 e. The molecule has 0 spiro atoms. The van der Waals surface area contributed by atoms with Gasteiger partial charge in [-0.25, -0.2) is 4.57 Å². The molecule has 9 nitrogen and oxygen atoms in total. The summed E-state index contributed by atoms with van der Waals surface area (Å²) in [6, 6.07) is -0.838. The summed E-state index contributed by atoms with van der Waals surface area (Å²) in [6.45, 7) is 7.05. The van der Waals surface area contributed by atoms with Crippen LogP contribution < -0.4 is 5.32 Å². The van der Waals surface area contributed by atoms with Crippen LogP contribution in [0.3, 0.4) is 0 Å². The molecule has 0 rings (SSSR count). The van der Waals surface area contributed by atoms with Gasteiger partial charge >= 0.3 is 13.8 Å². The van der Waals surface area contributed by atoms with E-state index in [9.17, 15) is 19.0 Å². The van der Waals surface area contributed by atoms with E-state index in [1.54, 1.807) is 0 Å². The maximum Gasteiger partial charge on any atom is 0.472 e. The molecule has 1 amide bonds. The van der Waals surface area contributed by atoms with Crippen LogP contribution in [-0.2, 0) is 27.9 Å². The molecule has 0 aliphatic rings. The Morgan fingerprint density at radius 2 is 0.781 bits per heavy atom. The fraction of sp³-hybridized carbons (Fsp3) is 0.937. The van der Waals surface area contributed by atoms with Crippen LogP contribution in [-0.4, -0.2) is 74.3 Å².